The maximum absolute atomic E-state index is 12.5. The zero-order valence-electron chi connectivity index (χ0n) is 11.2. The molecule has 3 aromatic rings. The molecule has 3 rings (SSSR count). The van der Waals surface area contributed by atoms with Crippen LogP contribution in [0.4, 0.5) is 4.79 Å². The lowest BCUT2D eigenvalue weighted by Crippen LogP contribution is -2.15. The Morgan fingerprint density at radius 1 is 1.48 bits per heavy atom. The standard InChI is InChI=1S/C14H12N2O4S/c1-2-3-9-6-10-12(21-9)15-11-5-4-8(20-14(18)19)7-16(11)13(10)17/h4-7H,2-3H2,1H3,(H,18,19). The molecule has 108 valence electrons. The first-order valence-electron chi connectivity index (χ1n) is 6.44. The van der Waals surface area contributed by atoms with Gasteiger partial charge in [0.05, 0.1) is 11.6 Å². The molecule has 0 fully saturated rings. The first-order chi connectivity index (χ1) is 10.1. The maximum atomic E-state index is 12.5. The fourth-order valence-corrected chi connectivity index (χ4v) is 3.29. The van der Waals surface area contributed by atoms with Crippen LogP contribution < -0.4 is 10.3 Å². The minimum Gasteiger partial charge on any atom is -0.449 e. The number of fused-ring (bicyclic) bond motifs is 2. The van der Waals surface area contributed by atoms with Crippen LogP contribution in [0.25, 0.3) is 15.9 Å². The van der Waals surface area contributed by atoms with Gasteiger partial charge in [0.25, 0.3) is 5.56 Å². The van der Waals surface area contributed by atoms with Gasteiger partial charge in [-0.2, -0.15) is 0 Å². The topological polar surface area (TPSA) is 80.9 Å². The van der Waals surface area contributed by atoms with Gasteiger partial charge in [0.2, 0.25) is 0 Å². The Morgan fingerprint density at radius 2 is 2.29 bits per heavy atom. The Morgan fingerprint density at radius 3 is 3.00 bits per heavy atom. The summed E-state index contributed by atoms with van der Waals surface area (Å²) in [4.78, 5) is 29.3. The summed E-state index contributed by atoms with van der Waals surface area (Å²) in [6.07, 6.45) is 1.84. The van der Waals surface area contributed by atoms with Gasteiger partial charge in [0.1, 0.15) is 10.5 Å². The van der Waals surface area contributed by atoms with Crippen LogP contribution >= 0.6 is 11.3 Å². The lowest BCUT2D eigenvalue weighted by molar-refractivity contribution is 0.144. The number of rotatable bonds is 3. The van der Waals surface area contributed by atoms with Crippen molar-refractivity contribution < 1.29 is 14.6 Å². The number of carbonyl (C=O) groups is 1. The van der Waals surface area contributed by atoms with Gasteiger partial charge in [-0.1, -0.05) is 13.3 Å². The van der Waals surface area contributed by atoms with Gasteiger partial charge in [-0.25, -0.2) is 9.78 Å². The van der Waals surface area contributed by atoms with E-state index < -0.39 is 6.16 Å². The van der Waals surface area contributed by atoms with E-state index in [1.807, 2.05) is 6.07 Å². The number of hydrogen-bond acceptors (Lipinski definition) is 5. The van der Waals surface area contributed by atoms with Crippen LogP contribution in [0.1, 0.15) is 18.2 Å². The van der Waals surface area contributed by atoms with E-state index in [4.69, 9.17) is 5.11 Å². The molecule has 0 spiro atoms. The third-order valence-corrected chi connectivity index (χ3v) is 4.12. The molecule has 0 radical (unpaired) electrons. The Balaban J connectivity index is 2.22. The summed E-state index contributed by atoms with van der Waals surface area (Å²) in [5, 5.41) is 9.17. The second kappa shape index (κ2) is 5.17. The van der Waals surface area contributed by atoms with E-state index >= 15 is 0 Å². The highest BCUT2D eigenvalue weighted by molar-refractivity contribution is 7.18. The summed E-state index contributed by atoms with van der Waals surface area (Å²) in [7, 11) is 0. The molecule has 0 saturated carbocycles. The fourth-order valence-electron chi connectivity index (χ4n) is 2.16. The van der Waals surface area contributed by atoms with Crippen LogP contribution in [0, 0.1) is 0 Å². The monoisotopic (exact) mass is 304 g/mol. The largest absolute Gasteiger partial charge is 0.511 e. The highest BCUT2D eigenvalue weighted by atomic mass is 32.1. The number of aryl methyl sites for hydroxylation is 1. The van der Waals surface area contributed by atoms with Gasteiger partial charge in [-0.05, 0) is 24.6 Å². The zero-order valence-corrected chi connectivity index (χ0v) is 12.0. The Bertz CT molecular complexity index is 897. The Kier molecular flexibility index (Phi) is 3.34. The van der Waals surface area contributed by atoms with Crippen molar-refractivity contribution in [3.63, 3.8) is 0 Å². The molecule has 6 nitrogen and oxygen atoms in total. The van der Waals surface area contributed by atoms with E-state index in [-0.39, 0.29) is 11.3 Å². The lowest BCUT2D eigenvalue weighted by atomic mass is 10.2. The minimum absolute atomic E-state index is 0.0854. The molecule has 1 N–H and O–H groups in total. The van der Waals surface area contributed by atoms with Crippen LogP contribution in [-0.4, -0.2) is 20.6 Å². The zero-order chi connectivity index (χ0) is 15.0. The van der Waals surface area contributed by atoms with Crippen LogP contribution in [0.15, 0.2) is 29.2 Å². The Labute approximate surface area is 123 Å². The molecule has 0 unspecified atom stereocenters. The predicted octanol–water partition coefficient (Wildman–Crippen LogP) is 2.92. The SMILES string of the molecule is CCCc1cc2c(=O)n3cc(OC(=O)O)ccc3nc2s1. The molecule has 0 bridgehead atoms. The van der Waals surface area contributed by atoms with Crippen molar-refractivity contribution in [3.05, 3.63) is 39.6 Å². The first-order valence-corrected chi connectivity index (χ1v) is 7.25. The van der Waals surface area contributed by atoms with Crippen molar-refractivity contribution in [1.82, 2.24) is 9.38 Å². The molecule has 0 aliphatic rings. The predicted molar refractivity (Wildman–Crippen MR) is 79.5 cm³/mol. The van der Waals surface area contributed by atoms with Crippen molar-refractivity contribution in [2.24, 2.45) is 0 Å². The van der Waals surface area contributed by atoms with Crippen molar-refractivity contribution in [1.29, 1.82) is 0 Å². The van der Waals surface area contributed by atoms with E-state index in [9.17, 15) is 9.59 Å². The van der Waals surface area contributed by atoms with Crippen molar-refractivity contribution in [3.8, 4) is 5.75 Å². The second-order valence-electron chi connectivity index (χ2n) is 4.56. The summed E-state index contributed by atoms with van der Waals surface area (Å²) >= 11 is 1.52. The van der Waals surface area contributed by atoms with Crippen LogP contribution in [-0.2, 0) is 6.42 Å². The number of aromatic nitrogens is 2. The second-order valence-corrected chi connectivity index (χ2v) is 5.67. The van der Waals surface area contributed by atoms with Gasteiger partial charge >= 0.3 is 6.16 Å². The summed E-state index contributed by atoms with van der Waals surface area (Å²) in [5.41, 5.74) is 0.250. The summed E-state index contributed by atoms with van der Waals surface area (Å²) in [6, 6.07) is 4.90. The first kappa shape index (κ1) is 13.6. The lowest BCUT2D eigenvalue weighted by Gasteiger charge is -2.03. The van der Waals surface area contributed by atoms with Gasteiger partial charge in [-0.15, -0.1) is 11.3 Å². The van der Waals surface area contributed by atoms with E-state index in [1.54, 1.807) is 6.07 Å². The number of thiophene rings is 1. The molecule has 0 aliphatic carbocycles. The summed E-state index contributed by atoms with van der Waals surface area (Å²) in [5.74, 6) is 0.0854. The third kappa shape index (κ3) is 2.47. The molecule has 0 aliphatic heterocycles. The van der Waals surface area contributed by atoms with Crippen LogP contribution in [0.5, 0.6) is 5.75 Å². The van der Waals surface area contributed by atoms with Gasteiger partial charge in [0.15, 0.2) is 5.75 Å². The molecule has 0 atom stereocenters. The van der Waals surface area contributed by atoms with Crippen molar-refractivity contribution in [2.75, 3.05) is 0 Å². The van der Waals surface area contributed by atoms with Crippen molar-refractivity contribution in [2.45, 2.75) is 19.8 Å². The summed E-state index contributed by atoms with van der Waals surface area (Å²) in [6.45, 7) is 2.08. The average molecular weight is 304 g/mol. The number of pyridine rings is 1. The van der Waals surface area contributed by atoms with Crippen molar-refractivity contribution >= 4 is 33.4 Å². The average Bonchev–Trinajstić information content (AvgIpc) is 2.82. The maximum Gasteiger partial charge on any atom is 0.511 e. The molecule has 3 aromatic heterocycles. The molecular weight excluding hydrogens is 292 g/mol. The minimum atomic E-state index is -1.42. The highest BCUT2D eigenvalue weighted by Gasteiger charge is 2.11. The summed E-state index contributed by atoms with van der Waals surface area (Å²) < 4.78 is 5.87. The van der Waals surface area contributed by atoms with E-state index in [2.05, 4.69) is 16.6 Å². The molecule has 0 aromatic carbocycles. The molecular formula is C14H12N2O4S. The van der Waals surface area contributed by atoms with E-state index in [0.29, 0.717) is 15.9 Å². The number of hydrogen-bond donors (Lipinski definition) is 1. The van der Waals surface area contributed by atoms with Gasteiger partial charge < -0.3 is 9.84 Å². The van der Waals surface area contributed by atoms with Gasteiger partial charge in [-0.3, -0.25) is 9.20 Å². The number of nitrogens with zero attached hydrogens (tertiary/aromatic N) is 2. The van der Waals surface area contributed by atoms with Crippen LogP contribution in [0.2, 0.25) is 0 Å². The normalized spacial score (nSPS) is 11.1. The quantitative estimate of drug-likeness (QED) is 0.752. The number of carboxylic acid groups (broad SMARTS) is 1. The molecule has 7 heteroatoms. The van der Waals surface area contributed by atoms with Crippen LogP contribution in [0.3, 0.4) is 0 Å². The molecule has 3 heterocycles. The highest BCUT2D eigenvalue weighted by Crippen LogP contribution is 2.23. The van der Waals surface area contributed by atoms with Gasteiger partial charge in [0, 0.05) is 4.88 Å². The fraction of sp³-hybridized carbons (Fsp3) is 0.214. The smallest absolute Gasteiger partial charge is 0.449 e. The van der Waals surface area contributed by atoms with E-state index in [0.717, 1.165) is 17.7 Å². The number of ether oxygens (including phenoxy) is 1. The third-order valence-electron chi connectivity index (χ3n) is 3.03. The Hall–Kier alpha value is -2.41. The molecule has 21 heavy (non-hydrogen) atoms. The molecule has 0 amide bonds. The molecule has 0 saturated heterocycles. The van der Waals surface area contributed by atoms with E-state index in [1.165, 1.54) is 28.0 Å².